The lowest BCUT2D eigenvalue weighted by Crippen LogP contribution is -3.25. The van der Waals surface area contributed by atoms with Crippen molar-refractivity contribution in [3.05, 3.63) is 0 Å². The molecule has 0 radical (unpaired) electrons. The lowest BCUT2D eigenvalue weighted by atomic mass is 9.87. The molecule has 2 saturated heterocycles. The van der Waals surface area contributed by atoms with E-state index in [0.29, 0.717) is 0 Å². The molecule has 11 heavy (non-hydrogen) atoms. The van der Waals surface area contributed by atoms with Gasteiger partial charge in [-0.05, 0) is 5.92 Å². The van der Waals surface area contributed by atoms with Crippen molar-refractivity contribution in [3.63, 3.8) is 0 Å². The Morgan fingerprint density at radius 2 is 1.91 bits per heavy atom. The minimum atomic E-state index is 0.852. The van der Waals surface area contributed by atoms with E-state index >= 15 is 0 Å². The number of likely N-dealkylation sites (tertiary alicyclic amines) is 1. The molecule has 2 fully saturated rings. The molecular formula is C9H18NO+. The smallest absolute Gasteiger partial charge is 0.135 e. The van der Waals surface area contributed by atoms with Crippen molar-refractivity contribution in [3.8, 4) is 0 Å². The van der Waals surface area contributed by atoms with Crippen molar-refractivity contribution in [1.82, 2.24) is 0 Å². The van der Waals surface area contributed by atoms with Crippen molar-refractivity contribution in [2.45, 2.75) is 19.9 Å². The standard InChI is InChI=1S/C9H17NO/c1-7(2)8-3-10(4-8)9-5-11-6-9/h7-9H,3-6H2,1-2H3/p+1. The zero-order chi connectivity index (χ0) is 7.84. The Morgan fingerprint density at radius 3 is 2.27 bits per heavy atom. The van der Waals surface area contributed by atoms with Gasteiger partial charge in [-0.25, -0.2) is 0 Å². The van der Waals surface area contributed by atoms with Gasteiger partial charge in [-0.15, -0.1) is 0 Å². The van der Waals surface area contributed by atoms with E-state index in [-0.39, 0.29) is 0 Å². The Kier molecular flexibility index (Phi) is 1.90. The summed E-state index contributed by atoms with van der Waals surface area (Å²) in [5, 5.41) is 0. The summed E-state index contributed by atoms with van der Waals surface area (Å²) in [5.41, 5.74) is 0. The van der Waals surface area contributed by atoms with Crippen LogP contribution in [0.2, 0.25) is 0 Å². The number of ether oxygens (including phenoxy) is 1. The van der Waals surface area contributed by atoms with Gasteiger partial charge in [0.1, 0.15) is 19.3 Å². The average molecular weight is 156 g/mol. The summed E-state index contributed by atoms with van der Waals surface area (Å²) in [6.45, 7) is 9.48. The van der Waals surface area contributed by atoms with Gasteiger partial charge in [0.2, 0.25) is 0 Å². The summed E-state index contributed by atoms with van der Waals surface area (Å²) < 4.78 is 5.17. The maximum atomic E-state index is 5.17. The van der Waals surface area contributed by atoms with Gasteiger partial charge in [0.15, 0.2) is 0 Å². The van der Waals surface area contributed by atoms with E-state index in [1.54, 1.807) is 4.90 Å². The third-order valence-electron chi connectivity index (χ3n) is 3.21. The van der Waals surface area contributed by atoms with Gasteiger partial charge < -0.3 is 9.64 Å². The van der Waals surface area contributed by atoms with E-state index in [1.807, 2.05) is 0 Å². The molecule has 2 nitrogen and oxygen atoms in total. The summed E-state index contributed by atoms with van der Waals surface area (Å²) in [7, 11) is 0. The number of nitrogens with one attached hydrogen (secondary N) is 1. The predicted molar refractivity (Wildman–Crippen MR) is 43.6 cm³/mol. The molecule has 2 heteroatoms. The van der Waals surface area contributed by atoms with Crippen molar-refractivity contribution in [2.24, 2.45) is 11.8 Å². The molecule has 2 heterocycles. The van der Waals surface area contributed by atoms with Crippen molar-refractivity contribution in [2.75, 3.05) is 26.3 Å². The molecule has 0 atom stereocenters. The monoisotopic (exact) mass is 156 g/mol. The van der Waals surface area contributed by atoms with E-state index < -0.39 is 0 Å². The summed E-state index contributed by atoms with van der Waals surface area (Å²) in [6.07, 6.45) is 0. The molecule has 2 rings (SSSR count). The third-order valence-corrected chi connectivity index (χ3v) is 3.21. The molecule has 0 amide bonds. The number of rotatable bonds is 2. The zero-order valence-corrected chi connectivity index (χ0v) is 7.47. The molecular weight excluding hydrogens is 138 g/mol. The summed E-state index contributed by atoms with van der Waals surface area (Å²) in [6, 6.07) is 0.852. The van der Waals surface area contributed by atoms with E-state index in [4.69, 9.17) is 4.74 Å². The van der Waals surface area contributed by atoms with Crippen LogP contribution >= 0.6 is 0 Å². The van der Waals surface area contributed by atoms with E-state index in [1.165, 1.54) is 13.1 Å². The largest absolute Gasteiger partial charge is 0.369 e. The van der Waals surface area contributed by atoms with Gasteiger partial charge in [0.25, 0.3) is 0 Å². The lowest BCUT2D eigenvalue weighted by molar-refractivity contribution is -0.982. The summed E-state index contributed by atoms with van der Waals surface area (Å²) in [4.78, 5) is 1.79. The first-order valence-electron chi connectivity index (χ1n) is 4.69. The topological polar surface area (TPSA) is 13.7 Å². The zero-order valence-electron chi connectivity index (χ0n) is 7.47. The Morgan fingerprint density at radius 1 is 1.27 bits per heavy atom. The fourth-order valence-corrected chi connectivity index (χ4v) is 1.89. The number of hydrogen-bond acceptors (Lipinski definition) is 1. The molecule has 0 saturated carbocycles. The second kappa shape index (κ2) is 2.76. The maximum Gasteiger partial charge on any atom is 0.135 e. The predicted octanol–water partition coefficient (Wildman–Crippen LogP) is -0.444. The van der Waals surface area contributed by atoms with Gasteiger partial charge >= 0.3 is 0 Å². The normalized spacial score (nSPS) is 38.5. The van der Waals surface area contributed by atoms with Crippen LogP contribution in [0, 0.1) is 11.8 Å². The van der Waals surface area contributed by atoms with Crippen LogP contribution in [-0.2, 0) is 4.74 Å². The fraction of sp³-hybridized carbons (Fsp3) is 1.00. The maximum absolute atomic E-state index is 5.17. The lowest BCUT2D eigenvalue weighted by Gasteiger charge is -2.45. The molecule has 0 spiro atoms. The number of quaternary nitrogens is 1. The van der Waals surface area contributed by atoms with Crippen LogP contribution in [0.5, 0.6) is 0 Å². The van der Waals surface area contributed by atoms with Crippen molar-refractivity contribution < 1.29 is 9.64 Å². The average Bonchev–Trinajstić information content (AvgIpc) is 1.70. The molecule has 0 bridgehead atoms. The summed E-state index contributed by atoms with van der Waals surface area (Å²) >= 11 is 0. The molecule has 0 aliphatic carbocycles. The highest BCUT2D eigenvalue weighted by Gasteiger charge is 2.41. The second-order valence-electron chi connectivity index (χ2n) is 4.30. The van der Waals surface area contributed by atoms with Crippen LogP contribution in [-0.4, -0.2) is 32.3 Å². The SMILES string of the molecule is CC(C)C1C[NH+](C2COC2)C1. The van der Waals surface area contributed by atoms with E-state index in [9.17, 15) is 0 Å². The first-order valence-corrected chi connectivity index (χ1v) is 4.69. The molecule has 1 N–H and O–H groups in total. The molecule has 64 valence electrons. The highest BCUT2D eigenvalue weighted by Crippen LogP contribution is 2.12. The minimum absolute atomic E-state index is 0.852. The van der Waals surface area contributed by atoms with Crippen LogP contribution in [0.3, 0.4) is 0 Å². The van der Waals surface area contributed by atoms with Crippen LogP contribution in [0.25, 0.3) is 0 Å². The summed E-state index contributed by atoms with van der Waals surface area (Å²) in [5.74, 6) is 1.88. The Bertz CT molecular complexity index is 136. The molecule has 0 unspecified atom stereocenters. The Balaban J connectivity index is 1.70. The number of hydrogen-bond donors (Lipinski definition) is 1. The van der Waals surface area contributed by atoms with Crippen molar-refractivity contribution in [1.29, 1.82) is 0 Å². The molecule has 0 aromatic rings. The van der Waals surface area contributed by atoms with Crippen LogP contribution in [0.4, 0.5) is 0 Å². The highest BCUT2D eigenvalue weighted by atomic mass is 16.5. The van der Waals surface area contributed by atoms with Gasteiger partial charge in [-0.1, -0.05) is 13.8 Å². The molecule has 2 aliphatic rings. The second-order valence-corrected chi connectivity index (χ2v) is 4.30. The van der Waals surface area contributed by atoms with Crippen molar-refractivity contribution >= 4 is 0 Å². The van der Waals surface area contributed by atoms with Crippen LogP contribution in [0.1, 0.15) is 13.8 Å². The molecule has 0 aromatic heterocycles. The van der Waals surface area contributed by atoms with Gasteiger partial charge in [0.05, 0.1) is 19.0 Å². The Labute approximate surface area is 68.5 Å². The quantitative estimate of drug-likeness (QED) is 0.572. The highest BCUT2D eigenvalue weighted by molar-refractivity contribution is 4.72. The van der Waals surface area contributed by atoms with E-state index in [2.05, 4.69) is 13.8 Å². The first kappa shape index (κ1) is 7.56. The van der Waals surface area contributed by atoms with Gasteiger partial charge in [0, 0.05) is 0 Å². The van der Waals surface area contributed by atoms with Crippen LogP contribution in [0.15, 0.2) is 0 Å². The molecule has 2 aliphatic heterocycles. The van der Waals surface area contributed by atoms with Gasteiger partial charge in [-0.2, -0.15) is 0 Å². The third kappa shape index (κ3) is 1.30. The first-order chi connectivity index (χ1) is 5.27. The fourth-order valence-electron chi connectivity index (χ4n) is 1.89. The van der Waals surface area contributed by atoms with Gasteiger partial charge in [-0.3, -0.25) is 0 Å². The minimum Gasteiger partial charge on any atom is -0.369 e. The Hall–Kier alpha value is -0.0800. The van der Waals surface area contributed by atoms with E-state index in [0.717, 1.165) is 31.1 Å². The molecule has 0 aromatic carbocycles. The van der Waals surface area contributed by atoms with Crippen LogP contribution < -0.4 is 4.90 Å².